The maximum atomic E-state index is 11.8. The summed E-state index contributed by atoms with van der Waals surface area (Å²) >= 11 is 0. The van der Waals surface area contributed by atoms with E-state index in [1.807, 2.05) is 31.2 Å². The van der Waals surface area contributed by atoms with Crippen LogP contribution >= 0.6 is 0 Å². The van der Waals surface area contributed by atoms with Crippen molar-refractivity contribution >= 4 is 11.6 Å². The van der Waals surface area contributed by atoms with Crippen LogP contribution in [-0.2, 0) is 9.53 Å². The number of nitrogen functional groups attached to an aromatic ring is 1. The van der Waals surface area contributed by atoms with Crippen molar-refractivity contribution in [1.82, 2.24) is 5.32 Å². The lowest BCUT2D eigenvalue weighted by Crippen LogP contribution is -2.35. The molecular weight excluding hydrogens is 216 g/mol. The molecule has 2 rings (SSSR count). The Labute approximate surface area is 101 Å². The Morgan fingerprint density at radius 2 is 2.18 bits per heavy atom. The van der Waals surface area contributed by atoms with E-state index in [4.69, 9.17) is 10.5 Å². The number of hydrogen-bond donors (Lipinski definition) is 2. The Bertz CT molecular complexity index is 383. The quantitative estimate of drug-likeness (QED) is 0.781. The molecule has 0 spiro atoms. The normalized spacial score (nSPS) is 21.1. The van der Waals surface area contributed by atoms with E-state index in [0.717, 1.165) is 24.1 Å². The second-order valence-electron chi connectivity index (χ2n) is 4.40. The van der Waals surface area contributed by atoms with Crippen LogP contribution in [0.15, 0.2) is 24.3 Å². The maximum absolute atomic E-state index is 11.8. The molecule has 4 nitrogen and oxygen atoms in total. The number of ether oxygens (including phenoxy) is 1. The summed E-state index contributed by atoms with van der Waals surface area (Å²) < 4.78 is 5.34. The van der Waals surface area contributed by atoms with Crippen LogP contribution in [0, 0.1) is 0 Å². The molecule has 1 aromatic rings. The second kappa shape index (κ2) is 5.19. The molecule has 1 aromatic carbocycles. The standard InChI is InChI=1S/C13H18N2O2/c1-9(10-4-6-11(14)7-5-10)15-13(16)12-3-2-8-17-12/h4-7,9,12H,2-3,8,14H2,1H3,(H,15,16). The number of carbonyl (C=O) groups excluding carboxylic acids is 1. The van der Waals surface area contributed by atoms with Crippen molar-refractivity contribution in [2.24, 2.45) is 0 Å². The lowest BCUT2D eigenvalue weighted by atomic mass is 10.1. The molecule has 1 heterocycles. The molecule has 2 unspecified atom stereocenters. The third-order valence-electron chi connectivity index (χ3n) is 3.02. The van der Waals surface area contributed by atoms with Crippen LogP contribution in [0.3, 0.4) is 0 Å². The van der Waals surface area contributed by atoms with Gasteiger partial charge in [-0.25, -0.2) is 0 Å². The van der Waals surface area contributed by atoms with E-state index in [9.17, 15) is 4.79 Å². The summed E-state index contributed by atoms with van der Waals surface area (Å²) in [4.78, 5) is 11.8. The van der Waals surface area contributed by atoms with E-state index >= 15 is 0 Å². The number of nitrogens with two attached hydrogens (primary N) is 1. The van der Waals surface area contributed by atoms with Gasteiger partial charge in [0.1, 0.15) is 6.10 Å². The number of amides is 1. The molecule has 0 bridgehead atoms. The Morgan fingerprint density at radius 3 is 2.76 bits per heavy atom. The highest BCUT2D eigenvalue weighted by Crippen LogP contribution is 2.17. The molecule has 4 heteroatoms. The SMILES string of the molecule is CC(NC(=O)C1CCCO1)c1ccc(N)cc1. The predicted molar refractivity (Wildman–Crippen MR) is 66.4 cm³/mol. The Morgan fingerprint density at radius 1 is 1.47 bits per heavy atom. The monoisotopic (exact) mass is 234 g/mol. The van der Waals surface area contributed by atoms with Gasteiger partial charge in [0.15, 0.2) is 0 Å². The van der Waals surface area contributed by atoms with Crippen LogP contribution in [-0.4, -0.2) is 18.6 Å². The van der Waals surface area contributed by atoms with Crippen LogP contribution in [0.25, 0.3) is 0 Å². The molecule has 0 radical (unpaired) electrons. The van der Waals surface area contributed by atoms with E-state index in [1.54, 1.807) is 0 Å². The first-order valence-corrected chi connectivity index (χ1v) is 5.94. The lowest BCUT2D eigenvalue weighted by molar-refractivity contribution is -0.130. The van der Waals surface area contributed by atoms with Crippen molar-refractivity contribution in [3.8, 4) is 0 Å². The minimum atomic E-state index is -0.272. The molecule has 17 heavy (non-hydrogen) atoms. The highest BCUT2D eigenvalue weighted by molar-refractivity contribution is 5.81. The van der Waals surface area contributed by atoms with Crippen molar-refractivity contribution in [3.05, 3.63) is 29.8 Å². The predicted octanol–water partition coefficient (Wildman–Crippen LogP) is 1.62. The van der Waals surface area contributed by atoms with Gasteiger partial charge in [0.2, 0.25) is 5.91 Å². The van der Waals surface area contributed by atoms with E-state index in [-0.39, 0.29) is 18.1 Å². The minimum Gasteiger partial charge on any atom is -0.399 e. The van der Waals surface area contributed by atoms with E-state index in [1.165, 1.54) is 0 Å². The highest BCUT2D eigenvalue weighted by Gasteiger charge is 2.24. The molecule has 2 atom stereocenters. The van der Waals surface area contributed by atoms with Crippen LogP contribution < -0.4 is 11.1 Å². The van der Waals surface area contributed by atoms with Gasteiger partial charge in [0, 0.05) is 12.3 Å². The number of nitrogens with one attached hydrogen (secondary N) is 1. The Hall–Kier alpha value is -1.55. The summed E-state index contributed by atoms with van der Waals surface area (Å²) in [5, 5.41) is 2.95. The van der Waals surface area contributed by atoms with Crippen molar-refractivity contribution in [1.29, 1.82) is 0 Å². The molecular formula is C13H18N2O2. The zero-order valence-corrected chi connectivity index (χ0v) is 9.98. The number of carbonyl (C=O) groups is 1. The molecule has 0 aliphatic carbocycles. The number of rotatable bonds is 3. The fraction of sp³-hybridized carbons (Fsp3) is 0.462. The van der Waals surface area contributed by atoms with Gasteiger partial charge in [-0.2, -0.15) is 0 Å². The van der Waals surface area contributed by atoms with Gasteiger partial charge in [0.25, 0.3) is 0 Å². The number of benzene rings is 1. The summed E-state index contributed by atoms with van der Waals surface area (Å²) in [6.07, 6.45) is 1.51. The molecule has 92 valence electrons. The molecule has 1 aliphatic heterocycles. The topological polar surface area (TPSA) is 64.3 Å². The Balaban J connectivity index is 1.93. The summed E-state index contributed by atoms with van der Waals surface area (Å²) in [6, 6.07) is 7.51. The smallest absolute Gasteiger partial charge is 0.249 e. The van der Waals surface area contributed by atoms with Gasteiger partial charge in [-0.1, -0.05) is 12.1 Å². The molecule has 1 aliphatic rings. The summed E-state index contributed by atoms with van der Waals surface area (Å²) in [5.74, 6) is -0.0215. The summed E-state index contributed by atoms with van der Waals surface area (Å²) in [6.45, 7) is 2.65. The minimum absolute atomic E-state index is 0.0210. The molecule has 1 saturated heterocycles. The van der Waals surface area contributed by atoms with Crippen LogP contribution in [0.2, 0.25) is 0 Å². The average Bonchev–Trinajstić information content (AvgIpc) is 2.83. The van der Waals surface area contributed by atoms with Gasteiger partial charge in [-0.15, -0.1) is 0 Å². The Kier molecular flexibility index (Phi) is 3.64. The number of anilines is 1. The van der Waals surface area contributed by atoms with Crippen molar-refractivity contribution in [3.63, 3.8) is 0 Å². The summed E-state index contributed by atoms with van der Waals surface area (Å²) in [5.41, 5.74) is 7.40. The number of hydrogen-bond acceptors (Lipinski definition) is 3. The van der Waals surface area contributed by atoms with Gasteiger partial charge in [0.05, 0.1) is 6.04 Å². The first-order chi connectivity index (χ1) is 8.16. The average molecular weight is 234 g/mol. The zero-order valence-electron chi connectivity index (χ0n) is 9.98. The largest absolute Gasteiger partial charge is 0.399 e. The second-order valence-corrected chi connectivity index (χ2v) is 4.40. The van der Waals surface area contributed by atoms with Gasteiger partial charge in [-0.05, 0) is 37.5 Å². The van der Waals surface area contributed by atoms with Gasteiger partial charge < -0.3 is 15.8 Å². The summed E-state index contributed by atoms with van der Waals surface area (Å²) in [7, 11) is 0. The third kappa shape index (κ3) is 2.97. The van der Waals surface area contributed by atoms with Crippen molar-refractivity contribution in [2.45, 2.75) is 31.9 Å². The molecule has 1 fully saturated rings. The van der Waals surface area contributed by atoms with Crippen molar-refractivity contribution in [2.75, 3.05) is 12.3 Å². The third-order valence-corrected chi connectivity index (χ3v) is 3.02. The first-order valence-electron chi connectivity index (χ1n) is 5.94. The fourth-order valence-corrected chi connectivity index (χ4v) is 1.96. The molecule has 1 amide bonds. The molecule has 3 N–H and O–H groups in total. The maximum Gasteiger partial charge on any atom is 0.249 e. The molecule has 0 saturated carbocycles. The lowest BCUT2D eigenvalue weighted by Gasteiger charge is -2.17. The first kappa shape index (κ1) is 11.9. The van der Waals surface area contributed by atoms with E-state index < -0.39 is 0 Å². The fourth-order valence-electron chi connectivity index (χ4n) is 1.96. The zero-order chi connectivity index (χ0) is 12.3. The highest BCUT2D eigenvalue weighted by atomic mass is 16.5. The molecule has 0 aromatic heterocycles. The van der Waals surface area contributed by atoms with E-state index in [0.29, 0.717) is 6.61 Å². The van der Waals surface area contributed by atoms with Gasteiger partial charge in [-0.3, -0.25) is 4.79 Å². The van der Waals surface area contributed by atoms with Crippen LogP contribution in [0.5, 0.6) is 0 Å². The van der Waals surface area contributed by atoms with Crippen LogP contribution in [0.1, 0.15) is 31.4 Å². The van der Waals surface area contributed by atoms with Crippen molar-refractivity contribution < 1.29 is 9.53 Å². The van der Waals surface area contributed by atoms with E-state index in [2.05, 4.69) is 5.32 Å². The van der Waals surface area contributed by atoms with Gasteiger partial charge >= 0.3 is 0 Å². The van der Waals surface area contributed by atoms with Crippen LogP contribution in [0.4, 0.5) is 5.69 Å².